The van der Waals surface area contributed by atoms with Gasteiger partial charge in [0.15, 0.2) is 0 Å². The first-order valence-electron chi connectivity index (χ1n) is 4.49. The minimum absolute atomic E-state index is 0.0870. The van der Waals surface area contributed by atoms with E-state index in [1.54, 1.807) is 13.1 Å². The van der Waals surface area contributed by atoms with E-state index in [1.807, 2.05) is 6.92 Å². The molecule has 0 aliphatic rings. The predicted molar refractivity (Wildman–Crippen MR) is 65.8 cm³/mol. The fourth-order valence-electron chi connectivity index (χ4n) is 1.04. The fourth-order valence-corrected chi connectivity index (χ4v) is 3.08. The highest BCUT2D eigenvalue weighted by atomic mass is 79.9. The molecule has 86 valence electrons. The molecule has 0 saturated heterocycles. The second-order valence-electron chi connectivity index (χ2n) is 3.08. The zero-order valence-corrected chi connectivity index (χ0v) is 11.7. The smallest absolute Gasteiger partial charge is 0.222 e. The summed E-state index contributed by atoms with van der Waals surface area (Å²) in [6.45, 7) is 3.84. The molecule has 4 nitrogen and oxygen atoms in total. The maximum atomic E-state index is 11.3. The Hall–Kier alpha value is 0.0200. The van der Waals surface area contributed by atoms with Crippen LogP contribution in [0.25, 0.3) is 0 Å². The summed E-state index contributed by atoms with van der Waals surface area (Å²) in [5, 5.41) is 0.802. The van der Waals surface area contributed by atoms with Crippen LogP contribution in [0.4, 0.5) is 0 Å². The molecule has 0 aliphatic carbocycles. The molecule has 7 heteroatoms. The van der Waals surface area contributed by atoms with Crippen molar-refractivity contribution < 1.29 is 8.42 Å². The second kappa shape index (κ2) is 5.38. The van der Waals surface area contributed by atoms with E-state index in [0.717, 1.165) is 16.3 Å². The number of nitrogens with zero attached hydrogens (tertiary/aromatic N) is 1. The zero-order valence-electron chi connectivity index (χ0n) is 8.53. The lowest BCUT2D eigenvalue weighted by Crippen LogP contribution is -2.27. The quantitative estimate of drug-likeness (QED) is 0.846. The summed E-state index contributed by atoms with van der Waals surface area (Å²) in [6, 6.07) is -0.266. The van der Waals surface area contributed by atoms with E-state index in [-0.39, 0.29) is 10.7 Å². The number of halogens is 1. The lowest BCUT2D eigenvalue weighted by molar-refractivity contribution is 0.571. The number of nitrogens with one attached hydrogen (secondary N) is 1. The first kappa shape index (κ1) is 13.1. The van der Waals surface area contributed by atoms with Crippen LogP contribution >= 0.6 is 27.3 Å². The van der Waals surface area contributed by atoms with Crippen LogP contribution in [0.1, 0.15) is 29.8 Å². The Balaban J connectivity index is 2.73. The molecule has 1 unspecified atom stereocenters. The average molecular weight is 313 g/mol. The SMILES string of the molecule is CCc1cnc(C(C)NS(=O)(=O)CBr)s1. The Bertz CT molecular complexity index is 416. The lowest BCUT2D eigenvalue weighted by atomic mass is 10.4. The van der Waals surface area contributed by atoms with Gasteiger partial charge in [-0.05, 0) is 13.3 Å². The fraction of sp³-hybridized carbons (Fsp3) is 0.625. The molecule has 0 bridgehead atoms. The van der Waals surface area contributed by atoms with Gasteiger partial charge in [-0.3, -0.25) is 0 Å². The minimum atomic E-state index is -3.23. The van der Waals surface area contributed by atoms with Gasteiger partial charge in [-0.25, -0.2) is 18.1 Å². The molecule has 0 aromatic carbocycles. The highest BCUT2D eigenvalue weighted by molar-refractivity contribution is 9.10. The maximum Gasteiger partial charge on any atom is 0.222 e. The first-order chi connectivity index (χ1) is 6.98. The van der Waals surface area contributed by atoms with Gasteiger partial charge in [0.1, 0.15) is 9.67 Å². The third-order valence-corrected chi connectivity index (χ3v) is 5.92. The Morgan fingerprint density at radius 3 is 2.80 bits per heavy atom. The third kappa shape index (κ3) is 3.82. The van der Waals surface area contributed by atoms with Crippen LogP contribution in [-0.2, 0) is 16.4 Å². The Morgan fingerprint density at radius 1 is 1.67 bits per heavy atom. The van der Waals surface area contributed by atoms with Crippen LogP contribution in [0, 0.1) is 0 Å². The van der Waals surface area contributed by atoms with Crippen LogP contribution in [0.5, 0.6) is 0 Å². The van der Waals surface area contributed by atoms with E-state index in [2.05, 4.69) is 25.6 Å². The van der Waals surface area contributed by atoms with Gasteiger partial charge in [0, 0.05) is 11.1 Å². The van der Waals surface area contributed by atoms with Gasteiger partial charge in [0.25, 0.3) is 0 Å². The number of aromatic nitrogens is 1. The summed E-state index contributed by atoms with van der Waals surface area (Å²) in [4.78, 5) is 5.34. The molecule has 1 atom stereocenters. The molecule has 1 rings (SSSR count). The van der Waals surface area contributed by atoms with Crippen molar-refractivity contribution in [3.8, 4) is 0 Å². The maximum absolute atomic E-state index is 11.3. The van der Waals surface area contributed by atoms with Crippen LogP contribution in [-0.4, -0.2) is 18.1 Å². The van der Waals surface area contributed by atoms with E-state index in [0.29, 0.717) is 0 Å². The number of hydrogen-bond acceptors (Lipinski definition) is 4. The second-order valence-corrected chi connectivity index (χ2v) is 7.29. The number of hydrogen-bond donors (Lipinski definition) is 1. The van der Waals surface area contributed by atoms with Crippen molar-refractivity contribution in [3.05, 3.63) is 16.1 Å². The molecule has 0 fully saturated rings. The molecule has 0 saturated carbocycles. The average Bonchev–Trinajstić information content (AvgIpc) is 2.65. The molecule has 0 aliphatic heterocycles. The summed E-state index contributed by atoms with van der Waals surface area (Å²) in [5.74, 6) is 0. The zero-order chi connectivity index (χ0) is 11.5. The summed E-state index contributed by atoms with van der Waals surface area (Å²) < 4.78 is 25.0. The predicted octanol–water partition coefficient (Wildman–Crippen LogP) is 2.04. The minimum Gasteiger partial charge on any atom is -0.248 e. The van der Waals surface area contributed by atoms with Gasteiger partial charge in [-0.2, -0.15) is 0 Å². The van der Waals surface area contributed by atoms with Crippen molar-refractivity contribution in [1.29, 1.82) is 0 Å². The van der Waals surface area contributed by atoms with E-state index in [1.165, 1.54) is 11.3 Å². The summed E-state index contributed by atoms with van der Waals surface area (Å²) in [7, 11) is -3.23. The van der Waals surface area contributed by atoms with Crippen LogP contribution in [0.2, 0.25) is 0 Å². The number of thiazole rings is 1. The number of alkyl halides is 1. The van der Waals surface area contributed by atoms with Crippen molar-refractivity contribution in [2.45, 2.75) is 26.3 Å². The first-order valence-corrected chi connectivity index (χ1v) is 8.08. The van der Waals surface area contributed by atoms with Gasteiger partial charge in [-0.1, -0.05) is 22.9 Å². The van der Waals surface area contributed by atoms with E-state index < -0.39 is 10.0 Å². The molecular formula is C8H13BrN2O2S2. The van der Waals surface area contributed by atoms with Crippen LogP contribution in [0.3, 0.4) is 0 Å². The van der Waals surface area contributed by atoms with Crippen LogP contribution in [0.15, 0.2) is 6.20 Å². The summed E-state index contributed by atoms with van der Waals surface area (Å²) >= 11 is 4.46. The van der Waals surface area contributed by atoms with Crippen molar-refractivity contribution >= 4 is 37.3 Å². The van der Waals surface area contributed by atoms with Crippen molar-refractivity contribution in [2.75, 3.05) is 4.66 Å². The van der Waals surface area contributed by atoms with E-state index in [9.17, 15) is 8.42 Å². The molecule has 15 heavy (non-hydrogen) atoms. The van der Waals surface area contributed by atoms with Crippen molar-refractivity contribution in [2.24, 2.45) is 0 Å². The van der Waals surface area contributed by atoms with Gasteiger partial charge in [0.2, 0.25) is 10.0 Å². The molecule has 1 aromatic rings. The monoisotopic (exact) mass is 312 g/mol. The van der Waals surface area contributed by atoms with Gasteiger partial charge < -0.3 is 0 Å². The number of aryl methyl sites for hydroxylation is 1. The van der Waals surface area contributed by atoms with Gasteiger partial charge in [0.05, 0.1) is 6.04 Å². The molecule has 1 heterocycles. The normalized spacial score (nSPS) is 14.1. The highest BCUT2D eigenvalue weighted by Gasteiger charge is 2.16. The Morgan fingerprint density at radius 2 is 2.33 bits per heavy atom. The Kier molecular flexibility index (Phi) is 4.69. The van der Waals surface area contributed by atoms with E-state index in [4.69, 9.17) is 0 Å². The van der Waals surface area contributed by atoms with E-state index >= 15 is 0 Å². The topological polar surface area (TPSA) is 59.1 Å². The third-order valence-electron chi connectivity index (χ3n) is 1.79. The van der Waals surface area contributed by atoms with Crippen LogP contribution < -0.4 is 4.72 Å². The number of rotatable bonds is 5. The summed E-state index contributed by atoms with van der Waals surface area (Å²) in [5.41, 5.74) is 0. The molecule has 0 radical (unpaired) electrons. The molecule has 0 amide bonds. The standard InChI is InChI=1S/C8H13BrN2O2S2/c1-3-7-4-10-8(14-7)6(2)11-15(12,13)5-9/h4,6,11H,3,5H2,1-2H3. The molecule has 0 spiro atoms. The number of sulfonamides is 1. The van der Waals surface area contributed by atoms with Gasteiger partial charge in [-0.15, -0.1) is 11.3 Å². The Labute approximate surface area is 102 Å². The molecular weight excluding hydrogens is 300 g/mol. The van der Waals surface area contributed by atoms with Gasteiger partial charge >= 0.3 is 0 Å². The largest absolute Gasteiger partial charge is 0.248 e. The van der Waals surface area contributed by atoms with Crippen molar-refractivity contribution in [3.63, 3.8) is 0 Å². The molecule has 1 N–H and O–H groups in total. The lowest BCUT2D eigenvalue weighted by Gasteiger charge is -2.09. The summed E-state index contributed by atoms with van der Waals surface area (Å²) in [6.07, 6.45) is 2.72. The molecule has 1 aromatic heterocycles. The highest BCUT2D eigenvalue weighted by Crippen LogP contribution is 2.20. The van der Waals surface area contributed by atoms with Crippen molar-refractivity contribution in [1.82, 2.24) is 9.71 Å².